The van der Waals surface area contributed by atoms with Crippen molar-refractivity contribution in [3.63, 3.8) is 0 Å². The average molecular weight is 408 g/mol. The summed E-state index contributed by atoms with van der Waals surface area (Å²) in [6.45, 7) is 4.99. The second-order valence-electron chi connectivity index (χ2n) is 6.95. The minimum absolute atomic E-state index is 0.0182. The molecule has 0 bridgehead atoms. The Morgan fingerprint density at radius 2 is 2.04 bits per heavy atom. The molecule has 1 N–H and O–H groups in total. The van der Waals surface area contributed by atoms with Crippen LogP contribution in [-0.2, 0) is 20.9 Å². The number of benzene rings is 1. The van der Waals surface area contributed by atoms with E-state index in [1.165, 1.54) is 6.92 Å². The molecule has 1 atom stereocenters. The Balaban J connectivity index is 1.52. The maximum atomic E-state index is 12.1. The van der Waals surface area contributed by atoms with Gasteiger partial charge < -0.3 is 14.4 Å². The predicted octanol–water partition coefficient (Wildman–Crippen LogP) is 3.55. The molecule has 2 heterocycles. The number of halogens is 1. The number of carbonyl (C=O) groups excluding carboxylic acids is 2. The van der Waals surface area contributed by atoms with Gasteiger partial charge in [-0.05, 0) is 44.2 Å². The molecule has 8 heteroatoms. The third-order valence-corrected chi connectivity index (χ3v) is 5.33. The fourth-order valence-electron chi connectivity index (χ4n) is 3.43. The predicted molar refractivity (Wildman–Crippen MR) is 107 cm³/mol. The second-order valence-corrected chi connectivity index (χ2v) is 7.33. The lowest BCUT2D eigenvalue weighted by molar-refractivity contribution is -0.141. The summed E-state index contributed by atoms with van der Waals surface area (Å²) >= 11 is 6.58. The minimum Gasteiger partial charge on any atom is -0.492 e. The van der Waals surface area contributed by atoms with Gasteiger partial charge in [-0.1, -0.05) is 18.5 Å². The van der Waals surface area contributed by atoms with Crippen LogP contribution < -0.4 is 10.1 Å². The van der Waals surface area contributed by atoms with Crippen LogP contribution in [0.4, 0.5) is 5.69 Å². The lowest BCUT2D eigenvalue weighted by Crippen LogP contribution is -2.36. The molecule has 1 unspecified atom stereocenters. The van der Waals surface area contributed by atoms with E-state index in [0.29, 0.717) is 42.9 Å². The highest BCUT2D eigenvalue weighted by Crippen LogP contribution is 2.39. The summed E-state index contributed by atoms with van der Waals surface area (Å²) in [4.78, 5) is 29.3. The van der Waals surface area contributed by atoms with Gasteiger partial charge in [0.15, 0.2) is 0 Å². The number of nitrogens with one attached hydrogen (secondary N) is 1. The second kappa shape index (κ2) is 9.28. The number of hydrogen-bond acceptors (Lipinski definition) is 6. The summed E-state index contributed by atoms with van der Waals surface area (Å²) in [6.07, 6.45) is 4.46. The third kappa shape index (κ3) is 4.58. The monoisotopic (exact) mass is 407 g/mol. The van der Waals surface area contributed by atoms with Crippen LogP contribution in [0.2, 0.25) is 5.02 Å². The molecular formula is C20H26ClN3O4. The van der Waals surface area contributed by atoms with Crippen molar-refractivity contribution in [1.29, 1.82) is 0 Å². The van der Waals surface area contributed by atoms with Crippen LogP contribution in [0.1, 0.15) is 51.5 Å². The van der Waals surface area contributed by atoms with Gasteiger partial charge in [0.05, 0.1) is 30.5 Å². The number of aliphatic imine (C=N–C) groups is 1. The normalized spacial score (nSPS) is 17.5. The van der Waals surface area contributed by atoms with Crippen LogP contribution in [0.3, 0.4) is 0 Å². The molecule has 1 aromatic carbocycles. The number of esters is 1. The van der Waals surface area contributed by atoms with E-state index in [1.807, 2.05) is 24.0 Å². The average Bonchev–Trinajstić information content (AvgIpc) is 2.97. The number of unbranched alkanes of at least 4 members (excludes halogenated alkanes) is 3. The van der Waals surface area contributed by atoms with Crippen molar-refractivity contribution in [3.05, 3.63) is 22.7 Å². The lowest BCUT2D eigenvalue weighted by atomic mass is 10.1. The molecule has 1 aromatic rings. The van der Waals surface area contributed by atoms with E-state index in [4.69, 9.17) is 21.1 Å². The van der Waals surface area contributed by atoms with E-state index in [1.54, 1.807) is 0 Å². The van der Waals surface area contributed by atoms with E-state index in [-0.39, 0.29) is 17.9 Å². The SMILES string of the molecule is CCC1C(=O)NC2=Nc3ccc(OCCCCCCOC(C)=O)c(Cl)c3CN21. The highest BCUT2D eigenvalue weighted by Gasteiger charge is 2.38. The topological polar surface area (TPSA) is 80.2 Å². The molecule has 2 aliphatic rings. The zero-order valence-corrected chi connectivity index (χ0v) is 17.1. The summed E-state index contributed by atoms with van der Waals surface area (Å²) in [5.74, 6) is 0.991. The highest BCUT2D eigenvalue weighted by molar-refractivity contribution is 6.33. The van der Waals surface area contributed by atoms with Gasteiger partial charge in [0.2, 0.25) is 11.9 Å². The van der Waals surface area contributed by atoms with Crippen molar-refractivity contribution in [2.45, 2.75) is 58.5 Å². The van der Waals surface area contributed by atoms with E-state index in [9.17, 15) is 9.59 Å². The Morgan fingerprint density at radius 1 is 1.29 bits per heavy atom. The largest absolute Gasteiger partial charge is 0.492 e. The summed E-state index contributed by atoms with van der Waals surface area (Å²) in [7, 11) is 0. The number of amides is 1. The van der Waals surface area contributed by atoms with E-state index in [0.717, 1.165) is 36.9 Å². The molecule has 0 aromatic heterocycles. The molecule has 0 radical (unpaired) electrons. The van der Waals surface area contributed by atoms with Crippen LogP contribution in [0, 0.1) is 0 Å². The fraction of sp³-hybridized carbons (Fsp3) is 0.550. The van der Waals surface area contributed by atoms with Gasteiger partial charge in [0.1, 0.15) is 11.8 Å². The molecular weight excluding hydrogens is 382 g/mol. The zero-order valence-electron chi connectivity index (χ0n) is 16.3. The molecule has 2 aliphatic heterocycles. The summed E-state index contributed by atoms with van der Waals surface area (Å²) in [5, 5.41) is 3.40. The Labute approximate surface area is 170 Å². The van der Waals surface area contributed by atoms with Crippen molar-refractivity contribution < 1.29 is 19.1 Å². The Bertz CT molecular complexity index is 781. The van der Waals surface area contributed by atoms with Gasteiger partial charge in [-0.3, -0.25) is 14.9 Å². The van der Waals surface area contributed by atoms with E-state index < -0.39 is 0 Å². The van der Waals surface area contributed by atoms with E-state index >= 15 is 0 Å². The van der Waals surface area contributed by atoms with Crippen LogP contribution >= 0.6 is 11.6 Å². The van der Waals surface area contributed by atoms with Crippen LogP contribution in [0.15, 0.2) is 17.1 Å². The molecule has 0 saturated carbocycles. The van der Waals surface area contributed by atoms with Gasteiger partial charge >= 0.3 is 5.97 Å². The standard InChI is InChI=1S/C20H26ClN3O4/c1-3-16-19(26)23-20-22-15-8-9-17(18(21)14(15)12-24(16)20)28-11-7-5-4-6-10-27-13(2)25/h8-9,16H,3-7,10-12H2,1-2H3,(H,22,23,26). The third-order valence-electron chi connectivity index (χ3n) is 4.91. The maximum Gasteiger partial charge on any atom is 0.302 e. The van der Waals surface area contributed by atoms with Gasteiger partial charge in [-0.25, -0.2) is 4.99 Å². The molecule has 28 heavy (non-hydrogen) atoms. The molecule has 0 aliphatic carbocycles. The number of guanidine groups is 1. The van der Waals surface area contributed by atoms with Crippen molar-refractivity contribution in [1.82, 2.24) is 10.2 Å². The number of ether oxygens (including phenoxy) is 2. The zero-order chi connectivity index (χ0) is 20.1. The number of carbonyl (C=O) groups is 2. The molecule has 1 saturated heterocycles. The van der Waals surface area contributed by atoms with Crippen molar-refractivity contribution in [3.8, 4) is 5.75 Å². The van der Waals surface area contributed by atoms with Gasteiger partial charge in [0, 0.05) is 12.5 Å². The van der Waals surface area contributed by atoms with Crippen molar-refractivity contribution >= 4 is 35.1 Å². The summed E-state index contributed by atoms with van der Waals surface area (Å²) < 4.78 is 10.8. The quantitative estimate of drug-likeness (QED) is 0.500. The number of rotatable bonds is 9. The van der Waals surface area contributed by atoms with Gasteiger partial charge in [-0.2, -0.15) is 0 Å². The number of nitrogens with zero attached hydrogens (tertiary/aromatic N) is 2. The van der Waals surface area contributed by atoms with Gasteiger partial charge in [0.25, 0.3) is 0 Å². The van der Waals surface area contributed by atoms with Crippen molar-refractivity contribution in [2.75, 3.05) is 13.2 Å². The molecule has 152 valence electrons. The molecule has 7 nitrogen and oxygen atoms in total. The first-order valence-electron chi connectivity index (χ1n) is 9.75. The molecule has 3 rings (SSSR count). The first-order valence-corrected chi connectivity index (χ1v) is 10.1. The summed E-state index contributed by atoms with van der Waals surface area (Å²) in [6, 6.07) is 3.50. The fourth-order valence-corrected chi connectivity index (χ4v) is 3.71. The Hall–Kier alpha value is -2.28. The van der Waals surface area contributed by atoms with Crippen LogP contribution in [0.25, 0.3) is 0 Å². The molecule has 1 fully saturated rings. The van der Waals surface area contributed by atoms with E-state index in [2.05, 4.69) is 10.3 Å². The maximum absolute atomic E-state index is 12.1. The lowest BCUT2D eigenvalue weighted by Gasteiger charge is -2.28. The number of fused-ring (bicyclic) bond motifs is 2. The van der Waals surface area contributed by atoms with Crippen molar-refractivity contribution in [2.24, 2.45) is 4.99 Å². The van der Waals surface area contributed by atoms with Crippen LogP contribution in [-0.4, -0.2) is 42.0 Å². The smallest absolute Gasteiger partial charge is 0.302 e. The number of hydrogen-bond donors (Lipinski definition) is 1. The Kier molecular flexibility index (Phi) is 6.78. The minimum atomic E-state index is -0.235. The Morgan fingerprint density at radius 3 is 2.75 bits per heavy atom. The first kappa shape index (κ1) is 20.5. The van der Waals surface area contributed by atoms with Gasteiger partial charge in [-0.15, -0.1) is 0 Å². The molecule has 0 spiro atoms. The summed E-state index contributed by atoms with van der Waals surface area (Å²) in [5.41, 5.74) is 1.66. The molecule has 1 amide bonds. The first-order chi connectivity index (χ1) is 13.5. The highest BCUT2D eigenvalue weighted by atomic mass is 35.5. The van der Waals surface area contributed by atoms with Crippen LogP contribution in [0.5, 0.6) is 5.75 Å².